The molecule has 1 aliphatic rings. The van der Waals surface area contributed by atoms with Crippen molar-refractivity contribution >= 4 is 17.5 Å². The summed E-state index contributed by atoms with van der Waals surface area (Å²) in [4.78, 5) is 31.4. The molecule has 1 aromatic heterocycles. The minimum Gasteiger partial charge on any atom is -0.372 e. The van der Waals surface area contributed by atoms with Gasteiger partial charge in [0.2, 0.25) is 5.91 Å². The van der Waals surface area contributed by atoms with E-state index in [0.717, 1.165) is 35.6 Å². The Kier molecular flexibility index (Phi) is 7.21. The van der Waals surface area contributed by atoms with Crippen LogP contribution in [0.15, 0.2) is 36.5 Å². The first-order valence-corrected chi connectivity index (χ1v) is 10.5. The number of amides is 1. The fourth-order valence-electron chi connectivity index (χ4n) is 3.76. The van der Waals surface area contributed by atoms with Gasteiger partial charge in [0, 0.05) is 44.2 Å². The molecular formula is C24H31N3O3. The van der Waals surface area contributed by atoms with E-state index >= 15 is 0 Å². The van der Waals surface area contributed by atoms with Crippen LogP contribution >= 0.6 is 0 Å². The molecule has 2 unspecified atom stereocenters. The molecule has 160 valence electrons. The molecule has 1 aliphatic heterocycles. The zero-order chi connectivity index (χ0) is 21.7. The highest BCUT2D eigenvalue weighted by Gasteiger charge is 2.23. The third-order valence-corrected chi connectivity index (χ3v) is 5.32. The molecule has 1 amide bonds. The van der Waals surface area contributed by atoms with Gasteiger partial charge >= 0.3 is 0 Å². The zero-order valence-corrected chi connectivity index (χ0v) is 18.3. The van der Waals surface area contributed by atoms with E-state index in [-0.39, 0.29) is 36.7 Å². The van der Waals surface area contributed by atoms with Gasteiger partial charge in [-0.2, -0.15) is 0 Å². The Morgan fingerprint density at radius 1 is 1.10 bits per heavy atom. The standard InChI is InChI=1S/C24H31N3O3/c1-16-5-6-17(2)21(11-16)22(28)8-10-24(29)26-13-20-7-9-23(25-12-20)27-14-18(3)30-19(4)15-27/h5-7,9,11-12,18-19H,8,10,13-15H2,1-4H3,(H,26,29). The normalized spacial score (nSPS) is 18.9. The van der Waals surface area contributed by atoms with E-state index < -0.39 is 0 Å². The number of anilines is 1. The van der Waals surface area contributed by atoms with Gasteiger partial charge in [-0.25, -0.2) is 4.98 Å². The van der Waals surface area contributed by atoms with Crippen LogP contribution in [-0.2, 0) is 16.1 Å². The fraction of sp³-hybridized carbons (Fsp3) is 0.458. The lowest BCUT2D eigenvalue weighted by atomic mass is 9.99. The van der Waals surface area contributed by atoms with Gasteiger partial charge in [-0.15, -0.1) is 0 Å². The minimum atomic E-state index is -0.131. The van der Waals surface area contributed by atoms with Crippen LogP contribution in [0.4, 0.5) is 5.82 Å². The van der Waals surface area contributed by atoms with Crippen molar-refractivity contribution in [2.45, 2.75) is 59.3 Å². The van der Waals surface area contributed by atoms with Crippen LogP contribution < -0.4 is 10.2 Å². The van der Waals surface area contributed by atoms with Crippen molar-refractivity contribution in [2.75, 3.05) is 18.0 Å². The van der Waals surface area contributed by atoms with Gasteiger partial charge in [-0.3, -0.25) is 9.59 Å². The number of pyridine rings is 1. The van der Waals surface area contributed by atoms with E-state index in [1.807, 2.05) is 44.2 Å². The van der Waals surface area contributed by atoms with E-state index in [2.05, 4.69) is 29.0 Å². The first-order chi connectivity index (χ1) is 14.3. The average Bonchev–Trinajstić information content (AvgIpc) is 2.72. The molecule has 2 aromatic rings. The van der Waals surface area contributed by atoms with Crippen LogP contribution in [0, 0.1) is 13.8 Å². The average molecular weight is 410 g/mol. The molecule has 30 heavy (non-hydrogen) atoms. The van der Waals surface area contributed by atoms with E-state index in [1.165, 1.54) is 0 Å². The Hall–Kier alpha value is -2.73. The maximum Gasteiger partial charge on any atom is 0.220 e. The summed E-state index contributed by atoms with van der Waals surface area (Å²) in [5.41, 5.74) is 3.63. The van der Waals surface area contributed by atoms with Crippen LogP contribution in [-0.4, -0.2) is 42.0 Å². The number of Topliss-reactive ketones (excluding diaryl/α,β-unsaturated/α-hetero) is 1. The summed E-state index contributed by atoms with van der Waals surface area (Å²) >= 11 is 0. The van der Waals surface area contributed by atoms with Gasteiger partial charge in [0.1, 0.15) is 5.82 Å². The first kappa shape index (κ1) is 22.0. The smallest absolute Gasteiger partial charge is 0.220 e. The number of aromatic nitrogens is 1. The van der Waals surface area contributed by atoms with Crippen molar-refractivity contribution in [1.82, 2.24) is 10.3 Å². The number of ether oxygens (including phenoxy) is 1. The summed E-state index contributed by atoms with van der Waals surface area (Å²) in [6, 6.07) is 9.78. The molecule has 0 spiro atoms. The molecule has 2 atom stereocenters. The van der Waals surface area contributed by atoms with Crippen molar-refractivity contribution in [1.29, 1.82) is 0 Å². The van der Waals surface area contributed by atoms with Gasteiger partial charge in [0.05, 0.1) is 12.2 Å². The van der Waals surface area contributed by atoms with Crippen LogP contribution in [0.2, 0.25) is 0 Å². The maximum absolute atomic E-state index is 12.4. The topological polar surface area (TPSA) is 71.5 Å². The second-order valence-corrected chi connectivity index (χ2v) is 8.21. The number of hydrogen-bond donors (Lipinski definition) is 1. The van der Waals surface area contributed by atoms with Crippen molar-refractivity contribution < 1.29 is 14.3 Å². The van der Waals surface area contributed by atoms with E-state index in [4.69, 9.17) is 4.74 Å². The van der Waals surface area contributed by atoms with Crippen LogP contribution in [0.3, 0.4) is 0 Å². The highest BCUT2D eigenvalue weighted by atomic mass is 16.5. The second kappa shape index (κ2) is 9.85. The largest absolute Gasteiger partial charge is 0.372 e. The summed E-state index contributed by atoms with van der Waals surface area (Å²) < 4.78 is 5.77. The Morgan fingerprint density at radius 3 is 2.50 bits per heavy atom. The molecule has 2 heterocycles. The number of nitrogens with one attached hydrogen (secondary N) is 1. The molecule has 1 saturated heterocycles. The molecule has 6 nitrogen and oxygen atoms in total. The van der Waals surface area contributed by atoms with Gasteiger partial charge < -0.3 is 15.0 Å². The van der Waals surface area contributed by atoms with Gasteiger partial charge in [-0.1, -0.05) is 23.8 Å². The Bertz CT molecular complexity index is 885. The van der Waals surface area contributed by atoms with Crippen LogP contribution in [0.1, 0.15) is 53.7 Å². The van der Waals surface area contributed by atoms with E-state index in [9.17, 15) is 9.59 Å². The molecule has 1 aromatic carbocycles. The van der Waals surface area contributed by atoms with Crippen molar-refractivity contribution in [3.05, 3.63) is 58.8 Å². The van der Waals surface area contributed by atoms with Gasteiger partial charge in [-0.05, 0) is 51.0 Å². The van der Waals surface area contributed by atoms with E-state index in [1.54, 1.807) is 6.20 Å². The summed E-state index contributed by atoms with van der Waals surface area (Å²) in [6.07, 6.45) is 2.55. The number of carbonyl (C=O) groups excluding carboxylic acids is 2. The number of nitrogens with zero attached hydrogens (tertiary/aromatic N) is 2. The number of ketones is 1. The first-order valence-electron chi connectivity index (χ1n) is 10.5. The predicted octanol–water partition coefficient (Wildman–Crippen LogP) is 3.59. The zero-order valence-electron chi connectivity index (χ0n) is 18.3. The lowest BCUT2D eigenvalue weighted by Crippen LogP contribution is -2.45. The minimum absolute atomic E-state index is 0.00587. The number of carbonyl (C=O) groups is 2. The van der Waals surface area contributed by atoms with Gasteiger partial charge in [0.25, 0.3) is 0 Å². The van der Waals surface area contributed by atoms with E-state index in [0.29, 0.717) is 12.1 Å². The molecule has 0 aliphatic carbocycles. The molecule has 0 bridgehead atoms. The molecule has 1 fully saturated rings. The Balaban J connectivity index is 1.46. The molecule has 0 radical (unpaired) electrons. The number of hydrogen-bond acceptors (Lipinski definition) is 5. The predicted molar refractivity (Wildman–Crippen MR) is 118 cm³/mol. The molecule has 3 rings (SSSR count). The summed E-state index contributed by atoms with van der Waals surface area (Å²) in [6.45, 7) is 10.1. The summed E-state index contributed by atoms with van der Waals surface area (Å²) in [5, 5.41) is 2.88. The number of morpholine rings is 1. The molecular weight excluding hydrogens is 378 g/mol. The number of aryl methyl sites for hydroxylation is 2. The molecule has 0 saturated carbocycles. The third-order valence-electron chi connectivity index (χ3n) is 5.32. The highest BCUT2D eigenvalue weighted by Crippen LogP contribution is 2.18. The van der Waals surface area contributed by atoms with Gasteiger partial charge in [0.15, 0.2) is 5.78 Å². The molecule has 6 heteroatoms. The third kappa shape index (κ3) is 5.89. The lowest BCUT2D eigenvalue weighted by molar-refractivity contribution is -0.121. The lowest BCUT2D eigenvalue weighted by Gasteiger charge is -2.36. The second-order valence-electron chi connectivity index (χ2n) is 8.21. The quantitative estimate of drug-likeness (QED) is 0.708. The molecule has 1 N–H and O–H groups in total. The van der Waals surface area contributed by atoms with Crippen molar-refractivity contribution in [2.24, 2.45) is 0 Å². The Labute approximate surface area is 178 Å². The number of rotatable bonds is 7. The highest BCUT2D eigenvalue weighted by molar-refractivity contribution is 5.99. The van der Waals surface area contributed by atoms with Crippen molar-refractivity contribution in [3.8, 4) is 0 Å². The van der Waals surface area contributed by atoms with Crippen LogP contribution in [0.25, 0.3) is 0 Å². The number of benzene rings is 1. The Morgan fingerprint density at radius 2 is 1.83 bits per heavy atom. The van der Waals surface area contributed by atoms with Crippen molar-refractivity contribution in [3.63, 3.8) is 0 Å². The SMILES string of the molecule is Cc1ccc(C)c(C(=O)CCC(=O)NCc2ccc(N3CC(C)OC(C)C3)nc2)c1. The summed E-state index contributed by atoms with van der Waals surface area (Å²) in [5.74, 6) is 0.797. The maximum atomic E-state index is 12.4. The monoisotopic (exact) mass is 409 g/mol. The fourth-order valence-corrected chi connectivity index (χ4v) is 3.76. The summed E-state index contributed by atoms with van der Waals surface area (Å²) in [7, 11) is 0. The van der Waals surface area contributed by atoms with Crippen LogP contribution in [0.5, 0.6) is 0 Å².